The van der Waals surface area contributed by atoms with E-state index in [1.165, 1.54) is 10.6 Å². The molecule has 2 N–H and O–H groups in total. The van der Waals surface area contributed by atoms with Crippen LogP contribution in [0.3, 0.4) is 0 Å². The number of carbonyl (C=O) groups excluding carboxylic acids is 1. The zero-order valence-electron chi connectivity index (χ0n) is 23.4. The van der Waals surface area contributed by atoms with Crippen molar-refractivity contribution in [2.45, 2.75) is 33.3 Å². The minimum absolute atomic E-state index is 0.0773. The van der Waals surface area contributed by atoms with Crippen molar-refractivity contribution in [1.29, 1.82) is 0 Å². The van der Waals surface area contributed by atoms with Crippen molar-refractivity contribution in [2.24, 2.45) is 0 Å². The van der Waals surface area contributed by atoms with Crippen LogP contribution in [0.1, 0.15) is 26.3 Å². The third-order valence-corrected chi connectivity index (χ3v) is 8.43. The molecule has 0 radical (unpaired) electrons. The summed E-state index contributed by atoms with van der Waals surface area (Å²) < 4.78 is 31.0. The highest BCUT2D eigenvalue weighted by molar-refractivity contribution is 7.88. The maximum Gasteiger partial charge on any atom is 0.270 e. The maximum absolute atomic E-state index is 12.9. The zero-order chi connectivity index (χ0) is 28.7. The number of nitrogens with one attached hydrogen (secondary N) is 2. The van der Waals surface area contributed by atoms with Gasteiger partial charge < -0.3 is 25.2 Å². The first-order valence-electron chi connectivity index (χ1n) is 13.3. The zero-order valence-corrected chi connectivity index (χ0v) is 24.2. The Morgan fingerprint density at radius 1 is 1.00 bits per heavy atom. The monoisotopic (exact) mass is 565 g/mol. The maximum atomic E-state index is 12.9. The van der Waals surface area contributed by atoms with Crippen LogP contribution in [-0.4, -0.2) is 73.2 Å². The average Bonchev–Trinajstić information content (AvgIpc) is 2.91. The summed E-state index contributed by atoms with van der Waals surface area (Å²) in [6, 6.07) is 13.6. The van der Waals surface area contributed by atoms with Gasteiger partial charge in [0.25, 0.3) is 5.91 Å². The minimum atomic E-state index is -3.16. The van der Waals surface area contributed by atoms with Gasteiger partial charge in [0.1, 0.15) is 11.6 Å². The van der Waals surface area contributed by atoms with Crippen LogP contribution in [0.15, 0.2) is 48.7 Å². The summed E-state index contributed by atoms with van der Waals surface area (Å²) in [5.74, 6) is 1.67. The van der Waals surface area contributed by atoms with Crippen LogP contribution < -0.4 is 25.2 Å². The predicted octanol–water partition coefficient (Wildman–Crippen LogP) is 3.88. The molecule has 0 bridgehead atoms. The van der Waals surface area contributed by atoms with Gasteiger partial charge in [0.15, 0.2) is 5.60 Å². The first-order chi connectivity index (χ1) is 18.9. The Balaban J connectivity index is 1.28. The van der Waals surface area contributed by atoms with E-state index in [0.717, 1.165) is 28.3 Å². The van der Waals surface area contributed by atoms with Crippen LogP contribution in [0, 0.1) is 6.92 Å². The predicted molar refractivity (Wildman–Crippen MR) is 158 cm³/mol. The van der Waals surface area contributed by atoms with Gasteiger partial charge in [0.2, 0.25) is 16.0 Å². The fourth-order valence-electron chi connectivity index (χ4n) is 4.89. The number of sulfonamides is 1. The quantitative estimate of drug-likeness (QED) is 0.440. The summed E-state index contributed by atoms with van der Waals surface area (Å²) in [6.45, 7) is 10.2. The van der Waals surface area contributed by atoms with Crippen LogP contribution in [0.4, 0.5) is 34.5 Å². The molecule has 1 aromatic heterocycles. The van der Waals surface area contributed by atoms with Crippen LogP contribution in [-0.2, 0) is 14.8 Å². The van der Waals surface area contributed by atoms with Crippen LogP contribution >= 0.6 is 0 Å². The number of amides is 1. The molecule has 0 aliphatic carbocycles. The second-order valence-electron chi connectivity index (χ2n) is 10.5. The van der Waals surface area contributed by atoms with Gasteiger partial charge in [-0.3, -0.25) is 4.79 Å². The van der Waals surface area contributed by atoms with Crippen molar-refractivity contribution in [3.05, 3.63) is 54.2 Å². The minimum Gasteiger partial charge on any atom is -0.476 e. The number of hydrogen-bond acceptors (Lipinski definition) is 9. The summed E-state index contributed by atoms with van der Waals surface area (Å²) in [4.78, 5) is 25.9. The Labute approximate surface area is 235 Å². The molecule has 3 heterocycles. The number of nitrogens with zero attached hydrogens (tertiary/aromatic N) is 5. The number of aryl methyl sites for hydroxylation is 1. The lowest BCUT2D eigenvalue weighted by atomic mass is 10.0. The highest BCUT2D eigenvalue weighted by Crippen LogP contribution is 2.40. The molecule has 2 aromatic carbocycles. The summed E-state index contributed by atoms with van der Waals surface area (Å²) in [5.41, 5.74) is 3.32. The lowest BCUT2D eigenvalue weighted by Gasteiger charge is -2.38. The van der Waals surface area contributed by atoms with Gasteiger partial charge in [-0.25, -0.2) is 13.4 Å². The average molecular weight is 566 g/mol. The largest absolute Gasteiger partial charge is 0.476 e. The van der Waals surface area contributed by atoms with Crippen LogP contribution in [0.5, 0.6) is 5.75 Å². The van der Waals surface area contributed by atoms with Crippen molar-refractivity contribution in [2.75, 3.05) is 59.4 Å². The molecule has 12 heteroatoms. The number of piperazine rings is 1. The SMILES string of the molecule is CCN1C(=O)C(C)(C)Oc2ccc(Nc3nc(Nc4ccc(N5CCN(S(C)(=O)=O)CC5)cc4)ncc3C)cc21. The van der Waals surface area contributed by atoms with E-state index >= 15 is 0 Å². The smallest absolute Gasteiger partial charge is 0.270 e. The molecule has 5 rings (SSSR count). The number of rotatable bonds is 7. The molecule has 0 unspecified atom stereocenters. The molecule has 40 heavy (non-hydrogen) atoms. The Bertz CT molecular complexity index is 1520. The molecule has 1 amide bonds. The van der Waals surface area contributed by atoms with E-state index in [4.69, 9.17) is 4.74 Å². The Morgan fingerprint density at radius 2 is 1.68 bits per heavy atom. The molecule has 1 fully saturated rings. The fourth-order valence-corrected chi connectivity index (χ4v) is 5.71. The number of carbonyl (C=O) groups is 1. The number of anilines is 6. The first kappa shape index (κ1) is 27.7. The van der Waals surface area contributed by atoms with Crippen molar-refractivity contribution in [1.82, 2.24) is 14.3 Å². The van der Waals surface area contributed by atoms with Gasteiger partial charge in [0.05, 0.1) is 11.9 Å². The lowest BCUT2D eigenvalue weighted by Crippen LogP contribution is -2.52. The summed E-state index contributed by atoms with van der Waals surface area (Å²) in [7, 11) is -3.16. The van der Waals surface area contributed by atoms with E-state index in [2.05, 4.69) is 25.5 Å². The highest BCUT2D eigenvalue weighted by atomic mass is 32.2. The Kier molecular flexibility index (Phi) is 7.32. The normalized spacial score (nSPS) is 17.3. The number of benzene rings is 2. The van der Waals surface area contributed by atoms with Gasteiger partial charge in [-0.1, -0.05) is 0 Å². The highest BCUT2D eigenvalue weighted by Gasteiger charge is 2.40. The van der Waals surface area contributed by atoms with Gasteiger partial charge in [-0.05, 0) is 70.2 Å². The fraction of sp³-hybridized carbons (Fsp3) is 0.393. The molecule has 1 saturated heterocycles. The molecule has 0 atom stereocenters. The van der Waals surface area contributed by atoms with Gasteiger partial charge in [-0.15, -0.1) is 0 Å². The number of ether oxygens (including phenoxy) is 1. The molecular formula is C28H35N7O4S. The molecule has 212 valence electrons. The van der Waals surface area contributed by atoms with Crippen LogP contribution in [0.2, 0.25) is 0 Å². The number of hydrogen-bond donors (Lipinski definition) is 2. The van der Waals surface area contributed by atoms with Crippen molar-refractivity contribution in [3.8, 4) is 5.75 Å². The lowest BCUT2D eigenvalue weighted by molar-refractivity contribution is -0.132. The van der Waals surface area contributed by atoms with E-state index in [1.807, 2.05) is 56.3 Å². The van der Waals surface area contributed by atoms with E-state index in [1.54, 1.807) is 24.9 Å². The van der Waals surface area contributed by atoms with Gasteiger partial charge in [0, 0.05) is 61.5 Å². The van der Waals surface area contributed by atoms with Crippen molar-refractivity contribution in [3.63, 3.8) is 0 Å². The van der Waals surface area contributed by atoms with E-state index in [0.29, 0.717) is 50.2 Å². The van der Waals surface area contributed by atoms with Crippen molar-refractivity contribution < 1.29 is 17.9 Å². The van der Waals surface area contributed by atoms with Gasteiger partial charge >= 0.3 is 0 Å². The number of aromatic nitrogens is 2. The molecule has 0 spiro atoms. The summed E-state index contributed by atoms with van der Waals surface area (Å²) >= 11 is 0. The number of likely N-dealkylation sites (N-methyl/N-ethyl adjacent to an activating group) is 1. The topological polar surface area (TPSA) is 120 Å². The first-order valence-corrected chi connectivity index (χ1v) is 15.1. The molecule has 11 nitrogen and oxygen atoms in total. The third-order valence-electron chi connectivity index (χ3n) is 7.12. The molecule has 2 aliphatic heterocycles. The third kappa shape index (κ3) is 5.68. The summed E-state index contributed by atoms with van der Waals surface area (Å²) in [6.07, 6.45) is 3.00. The molecule has 3 aromatic rings. The molecule has 2 aliphatic rings. The van der Waals surface area contributed by atoms with E-state index in [9.17, 15) is 13.2 Å². The second-order valence-corrected chi connectivity index (χ2v) is 12.5. The van der Waals surface area contributed by atoms with Crippen molar-refractivity contribution >= 4 is 50.4 Å². The van der Waals surface area contributed by atoms with E-state index < -0.39 is 15.6 Å². The van der Waals surface area contributed by atoms with E-state index in [-0.39, 0.29) is 5.91 Å². The molecule has 0 saturated carbocycles. The number of fused-ring (bicyclic) bond motifs is 1. The Morgan fingerprint density at radius 3 is 2.33 bits per heavy atom. The van der Waals surface area contributed by atoms with Crippen LogP contribution in [0.25, 0.3) is 0 Å². The summed E-state index contributed by atoms with van der Waals surface area (Å²) in [5, 5.41) is 6.61. The standard InChI is InChI=1S/C28H35N7O4S/c1-6-35-23-17-21(9-12-24(23)39-28(3,4)26(35)36)30-25-19(2)18-29-27(32-25)31-20-7-10-22(11-8-20)33-13-15-34(16-14-33)40(5,37)38/h7-12,17-18H,6,13-16H2,1-5H3,(H2,29,30,31,32). The molecular weight excluding hydrogens is 530 g/mol. The Hall–Kier alpha value is -3.90. The second kappa shape index (κ2) is 10.6. The van der Waals surface area contributed by atoms with Gasteiger partial charge in [-0.2, -0.15) is 9.29 Å².